The second kappa shape index (κ2) is 4.31. The Morgan fingerprint density at radius 1 is 1.00 bits per heavy atom. The first-order chi connectivity index (χ1) is 8.75. The fourth-order valence-corrected chi connectivity index (χ4v) is 2.15. The van der Waals surface area contributed by atoms with Crippen LogP contribution in [-0.4, -0.2) is 0 Å². The number of para-hydroxylation sites is 1. The predicted octanol–water partition coefficient (Wildman–Crippen LogP) is 4.12. The van der Waals surface area contributed by atoms with Crippen LogP contribution in [-0.2, 0) is 0 Å². The quantitative estimate of drug-likeness (QED) is 0.728. The molecule has 0 aliphatic rings. The van der Waals surface area contributed by atoms with Gasteiger partial charge in [0.1, 0.15) is 11.3 Å². The van der Waals surface area contributed by atoms with Crippen LogP contribution in [0.25, 0.3) is 22.1 Å². The van der Waals surface area contributed by atoms with Crippen LogP contribution in [0.1, 0.15) is 18.7 Å². The second-order valence-corrected chi connectivity index (χ2v) is 4.53. The topological polar surface area (TPSA) is 39.2 Å². The minimum atomic E-state index is -0.0824. The first kappa shape index (κ1) is 11.1. The van der Waals surface area contributed by atoms with E-state index in [1.165, 1.54) is 0 Å². The zero-order valence-corrected chi connectivity index (χ0v) is 10.3. The van der Waals surface area contributed by atoms with Crippen LogP contribution in [0.15, 0.2) is 59.0 Å². The molecule has 2 heteroatoms. The highest BCUT2D eigenvalue weighted by molar-refractivity contribution is 5.92. The minimum Gasteiger partial charge on any atom is -0.459 e. The molecule has 0 radical (unpaired) electrons. The Bertz CT molecular complexity index is 668. The van der Waals surface area contributed by atoms with Crippen LogP contribution < -0.4 is 5.73 Å². The third-order valence-corrected chi connectivity index (χ3v) is 3.10. The molecule has 0 fully saturated rings. The Hall–Kier alpha value is -2.06. The molecule has 1 atom stereocenters. The Labute approximate surface area is 106 Å². The van der Waals surface area contributed by atoms with E-state index in [-0.39, 0.29) is 6.04 Å². The fourth-order valence-electron chi connectivity index (χ4n) is 2.15. The molecule has 0 aliphatic carbocycles. The van der Waals surface area contributed by atoms with Crippen molar-refractivity contribution < 1.29 is 4.42 Å². The highest BCUT2D eigenvalue weighted by Gasteiger charge is 2.11. The number of furan rings is 1. The van der Waals surface area contributed by atoms with Crippen LogP contribution in [0.3, 0.4) is 0 Å². The van der Waals surface area contributed by atoms with Gasteiger partial charge in [0.05, 0.1) is 6.04 Å². The smallest absolute Gasteiger partial charge is 0.142 e. The molecule has 0 saturated heterocycles. The van der Waals surface area contributed by atoms with Crippen molar-refractivity contribution in [1.82, 2.24) is 0 Å². The van der Waals surface area contributed by atoms with Crippen LogP contribution in [0.4, 0.5) is 0 Å². The van der Waals surface area contributed by atoms with E-state index in [1.54, 1.807) is 0 Å². The van der Waals surface area contributed by atoms with Gasteiger partial charge in [-0.3, -0.25) is 0 Å². The van der Waals surface area contributed by atoms with Gasteiger partial charge in [-0.1, -0.05) is 48.5 Å². The van der Waals surface area contributed by atoms with Crippen molar-refractivity contribution >= 4 is 11.0 Å². The third-order valence-electron chi connectivity index (χ3n) is 3.10. The lowest BCUT2D eigenvalue weighted by molar-refractivity contribution is 0.514. The second-order valence-electron chi connectivity index (χ2n) is 4.53. The molecular weight excluding hydrogens is 222 g/mol. The van der Waals surface area contributed by atoms with Crippen molar-refractivity contribution in [3.63, 3.8) is 0 Å². The van der Waals surface area contributed by atoms with Crippen molar-refractivity contribution in [3.05, 3.63) is 60.4 Å². The molecule has 3 aromatic rings. The molecule has 1 unspecified atom stereocenters. The van der Waals surface area contributed by atoms with Crippen molar-refractivity contribution in [2.24, 2.45) is 5.73 Å². The summed E-state index contributed by atoms with van der Waals surface area (Å²) in [5.41, 5.74) is 9.06. The van der Waals surface area contributed by atoms with Gasteiger partial charge in [-0.05, 0) is 18.6 Å². The molecular formula is C16H15NO. The summed E-state index contributed by atoms with van der Waals surface area (Å²) >= 11 is 0. The first-order valence-electron chi connectivity index (χ1n) is 6.09. The highest BCUT2D eigenvalue weighted by Crippen LogP contribution is 2.32. The van der Waals surface area contributed by atoms with Gasteiger partial charge in [0.25, 0.3) is 0 Å². The molecule has 0 aliphatic heterocycles. The largest absolute Gasteiger partial charge is 0.459 e. The summed E-state index contributed by atoms with van der Waals surface area (Å²) in [5.74, 6) is 0.827. The van der Waals surface area contributed by atoms with Gasteiger partial charge < -0.3 is 10.2 Å². The summed E-state index contributed by atoms with van der Waals surface area (Å²) in [5, 5.41) is 1.10. The van der Waals surface area contributed by atoms with E-state index < -0.39 is 0 Å². The summed E-state index contributed by atoms with van der Waals surface area (Å²) in [7, 11) is 0. The molecule has 2 aromatic carbocycles. The minimum absolute atomic E-state index is 0.0824. The molecule has 0 bridgehead atoms. The molecule has 0 amide bonds. The lowest BCUT2D eigenvalue weighted by Crippen LogP contribution is -2.02. The van der Waals surface area contributed by atoms with Gasteiger partial charge in [0.2, 0.25) is 0 Å². The molecule has 3 rings (SSSR count). The molecule has 0 saturated carbocycles. The Balaban J connectivity index is 2.24. The van der Waals surface area contributed by atoms with Crippen molar-refractivity contribution in [2.45, 2.75) is 13.0 Å². The van der Waals surface area contributed by atoms with E-state index >= 15 is 0 Å². The van der Waals surface area contributed by atoms with E-state index in [2.05, 4.69) is 24.3 Å². The van der Waals surface area contributed by atoms with E-state index in [0.29, 0.717) is 0 Å². The number of fused-ring (bicyclic) bond motifs is 1. The normalized spacial score (nSPS) is 12.8. The molecule has 0 spiro atoms. The van der Waals surface area contributed by atoms with Crippen LogP contribution in [0.2, 0.25) is 0 Å². The summed E-state index contributed by atoms with van der Waals surface area (Å²) in [4.78, 5) is 0. The Morgan fingerprint density at radius 3 is 2.50 bits per heavy atom. The summed E-state index contributed by atoms with van der Waals surface area (Å²) in [6, 6.07) is 18.4. The summed E-state index contributed by atoms with van der Waals surface area (Å²) in [6.45, 7) is 1.93. The maximum Gasteiger partial charge on any atom is 0.142 e. The maximum absolute atomic E-state index is 5.89. The first-order valence-corrected chi connectivity index (χ1v) is 6.09. The van der Waals surface area contributed by atoms with Gasteiger partial charge >= 0.3 is 0 Å². The third kappa shape index (κ3) is 1.81. The monoisotopic (exact) mass is 237 g/mol. The molecule has 1 aromatic heterocycles. The molecule has 90 valence electrons. The molecule has 18 heavy (non-hydrogen) atoms. The summed E-state index contributed by atoms with van der Waals surface area (Å²) in [6.07, 6.45) is 0. The average molecular weight is 237 g/mol. The average Bonchev–Trinajstić information content (AvgIpc) is 2.83. The SMILES string of the molecule is CC(N)c1cc2cccc(-c3ccccc3)c2o1. The van der Waals surface area contributed by atoms with Crippen LogP contribution >= 0.6 is 0 Å². The number of hydrogen-bond donors (Lipinski definition) is 1. The van der Waals surface area contributed by atoms with Gasteiger partial charge in [-0.2, -0.15) is 0 Å². The van der Waals surface area contributed by atoms with Crippen molar-refractivity contribution in [3.8, 4) is 11.1 Å². The number of rotatable bonds is 2. The van der Waals surface area contributed by atoms with Gasteiger partial charge in [0.15, 0.2) is 0 Å². The molecule has 2 N–H and O–H groups in total. The van der Waals surface area contributed by atoms with Crippen molar-refractivity contribution in [1.29, 1.82) is 0 Å². The fraction of sp³-hybridized carbons (Fsp3) is 0.125. The maximum atomic E-state index is 5.89. The predicted molar refractivity (Wildman–Crippen MR) is 74.3 cm³/mol. The number of benzene rings is 2. The van der Waals surface area contributed by atoms with E-state index in [4.69, 9.17) is 10.2 Å². The van der Waals surface area contributed by atoms with E-state index in [1.807, 2.05) is 37.3 Å². The van der Waals surface area contributed by atoms with Crippen LogP contribution in [0, 0.1) is 0 Å². The summed E-state index contributed by atoms with van der Waals surface area (Å²) < 4.78 is 5.89. The number of hydrogen-bond acceptors (Lipinski definition) is 2. The standard InChI is InChI=1S/C16H15NO/c1-11(17)15-10-13-8-5-9-14(16(13)18-15)12-6-3-2-4-7-12/h2-11H,17H2,1H3. The van der Waals surface area contributed by atoms with Gasteiger partial charge in [0, 0.05) is 10.9 Å². The van der Waals surface area contributed by atoms with E-state index in [0.717, 1.165) is 27.9 Å². The van der Waals surface area contributed by atoms with Crippen LogP contribution in [0.5, 0.6) is 0 Å². The molecule has 2 nitrogen and oxygen atoms in total. The highest BCUT2D eigenvalue weighted by atomic mass is 16.3. The van der Waals surface area contributed by atoms with Gasteiger partial charge in [-0.15, -0.1) is 0 Å². The van der Waals surface area contributed by atoms with E-state index in [9.17, 15) is 0 Å². The van der Waals surface area contributed by atoms with Gasteiger partial charge in [-0.25, -0.2) is 0 Å². The lowest BCUT2D eigenvalue weighted by Gasteiger charge is -2.02. The lowest BCUT2D eigenvalue weighted by atomic mass is 10.0. The zero-order valence-electron chi connectivity index (χ0n) is 10.3. The zero-order chi connectivity index (χ0) is 12.5. The van der Waals surface area contributed by atoms with Crippen molar-refractivity contribution in [2.75, 3.05) is 0 Å². The molecule has 1 heterocycles. The number of nitrogens with two attached hydrogens (primary N) is 1. The Kier molecular flexibility index (Phi) is 2.65. The Morgan fingerprint density at radius 2 is 1.78 bits per heavy atom.